The Morgan fingerprint density at radius 1 is 1.31 bits per heavy atom. The van der Waals surface area contributed by atoms with Crippen LogP contribution in [-0.2, 0) is 16.0 Å². The van der Waals surface area contributed by atoms with Crippen molar-refractivity contribution in [2.45, 2.75) is 19.4 Å². The fourth-order valence-electron chi connectivity index (χ4n) is 2.74. The molecule has 3 rings (SSSR count). The van der Waals surface area contributed by atoms with E-state index in [9.17, 15) is 19.1 Å². The van der Waals surface area contributed by atoms with E-state index in [2.05, 4.69) is 5.32 Å². The van der Waals surface area contributed by atoms with Gasteiger partial charge in [0, 0.05) is 6.42 Å². The number of carboxylic acid groups (broad SMARTS) is 1. The minimum absolute atomic E-state index is 0.0540. The van der Waals surface area contributed by atoms with Gasteiger partial charge < -0.3 is 19.9 Å². The van der Waals surface area contributed by atoms with Crippen LogP contribution in [0.5, 0.6) is 11.5 Å². The molecule has 0 bridgehead atoms. The van der Waals surface area contributed by atoms with Crippen molar-refractivity contribution in [1.29, 1.82) is 0 Å². The van der Waals surface area contributed by atoms with Gasteiger partial charge in [0.1, 0.15) is 5.75 Å². The Hall–Kier alpha value is -3.09. The van der Waals surface area contributed by atoms with Gasteiger partial charge in [-0.3, -0.25) is 4.79 Å². The van der Waals surface area contributed by atoms with E-state index in [0.717, 1.165) is 16.9 Å². The molecule has 0 fully saturated rings. The largest absolute Gasteiger partial charge is 0.493 e. The molecule has 1 aliphatic rings. The summed E-state index contributed by atoms with van der Waals surface area (Å²) in [5, 5.41) is 11.8. The highest BCUT2D eigenvalue weighted by Crippen LogP contribution is 2.28. The van der Waals surface area contributed by atoms with E-state index in [4.69, 9.17) is 9.47 Å². The third-order valence-corrected chi connectivity index (χ3v) is 4.04. The van der Waals surface area contributed by atoms with E-state index >= 15 is 0 Å². The number of hydrogen-bond acceptors (Lipinski definition) is 4. The van der Waals surface area contributed by atoms with Crippen molar-refractivity contribution in [1.82, 2.24) is 5.32 Å². The molecule has 0 aliphatic carbocycles. The number of ether oxygens (including phenoxy) is 2. The zero-order valence-corrected chi connectivity index (χ0v) is 14.1. The number of halogens is 1. The maximum absolute atomic E-state index is 13.6. The number of aliphatic carboxylic acids is 1. The third-order valence-electron chi connectivity index (χ3n) is 4.04. The Morgan fingerprint density at radius 3 is 2.88 bits per heavy atom. The lowest BCUT2D eigenvalue weighted by Crippen LogP contribution is -2.36. The molecule has 0 radical (unpaired) electrons. The Kier molecular flexibility index (Phi) is 5.06. The van der Waals surface area contributed by atoms with Gasteiger partial charge in [0.05, 0.1) is 6.61 Å². The van der Waals surface area contributed by atoms with Crippen LogP contribution in [0.4, 0.5) is 4.39 Å². The summed E-state index contributed by atoms with van der Waals surface area (Å²) in [7, 11) is 0. The Morgan fingerprint density at radius 2 is 2.12 bits per heavy atom. The summed E-state index contributed by atoms with van der Waals surface area (Å²) in [6, 6.07) is 8.08. The monoisotopic (exact) mass is 359 g/mol. The first-order valence-electron chi connectivity index (χ1n) is 8.11. The van der Waals surface area contributed by atoms with Crippen LogP contribution in [0.25, 0.3) is 0 Å². The van der Waals surface area contributed by atoms with Crippen molar-refractivity contribution < 1.29 is 28.6 Å². The lowest BCUT2D eigenvalue weighted by Gasteiger charge is -2.16. The Labute approximate surface area is 149 Å². The lowest BCUT2D eigenvalue weighted by molar-refractivity contribution is -0.142. The second-order valence-corrected chi connectivity index (χ2v) is 6.03. The van der Waals surface area contributed by atoms with Crippen molar-refractivity contribution in [2.24, 2.45) is 0 Å². The van der Waals surface area contributed by atoms with E-state index in [0.29, 0.717) is 18.6 Å². The molecule has 0 saturated carbocycles. The molecule has 1 aliphatic heterocycles. The van der Waals surface area contributed by atoms with E-state index in [1.165, 1.54) is 12.1 Å². The van der Waals surface area contributed by atoms with Gasteiger partial charge in [0.2, 0.25) is 0 Å². The highest BCUT2D eigenvalue weighted by Gasteiger charge is 2.24. The summed E-state index contributed by atoms with van der Waals surface area (Å²) < 4.78 is 24.2. The average Bonchev–Trinajstić information content (AvgIpc) is 3.07. The van der Waals surface area contributed by atoms with Crippen molar-refractivity contribution in [2.75, 3.05) is 13.2 Å². The minimum atomic E-state index is -1.22. The molecule has 2 N–H and O–H groups in total. The van der Waals surface area contributed by atoms with Crippen LogP contribution in [0.1, 0.15) is 22.7 Å². The van der Waals surface area contributed by atoms with Crippen LogP contribution in [-0.4, -0.2) is 30.2 Å². The number of carboxylic acids is 1. The predicted molar refractivity (Wildman–Crippen MR) is 90.8 cm³/mol. The number of benzene rings is 2. The van der Waals surface area contributed by atoms with Crippen LogP contribution < -0.4 is 14.8 Å². The number of carbonyl (C=O) groups excluding carboxylic acids is 1. The topological polar surface area (TPSA) is 84.9 Å². The van der Waals surface area contributed by atoms with E-state index in [1.807, 2.05) is 0 Å². The summed E-state index contributed by atoms with van der Waals surface area (Å²) in [6.07, 6.45) is 0.694. The quantitative estimate of drug-likeness (QED) is 0.827. The smallest absolute Gasteiger partial charge is 0.330 e. The Bertz CT molecular complexity index is 852. The van der Waals surface area contributed by atoms with Crippen molar-refractivity contribution >= 4 is 11.9 Å². The van der Waals surface area contributed by atoms with Crippen LogP contribution in [0.15, 0.2) is 36.4 Å². The first-order valence-corrected chi connectivity index (χ1v) is 8.11. The number of rotatable bonds is 6. The minimum Gasteiger partial charge on any atom is -0.493 e. The summed E-state index contributed by atoms with van der Waals surface area (Å²) in [4.78, 5) is 23.6. The van der Waals surface area contributed by atoms with Crippen LogP contribution >= 0.6 is 0 Å². The highest BCUT2D eigenvalue weighted by molar-refractivity contribution is 5.85. The second-order valence-electron chi connectivity index (χ2n) is 6.03. The molecular formula is C19H18FNO5. The SMILES string of the molecule is Cc1ccc(F)c(OCC(=O)NC(C(=O)O)c2ccc3c(c2)CCO3)c1. The second kappa shape index (κ2) is 7.43. The molecule has 0 spiro atoms. The van der Waals surface area contributed by atoms with Crippen LogP contribution in [0.3, 0.4) is 0 Å². The molecule has 1 unspecified atom stereocenters. The molecule has 2 aromatic rings. The number of hydrogen-bond donors (Lipinski definition) is 2. The fraction of sp³-hybridized carbons (Fsp3) is 0.263. The molecule has 6 nitrogen and oxygen atoms in total. The normalized spacial score (nSPS) is 13.5. The molecule has 0 aromatic heterocycles. The number of carbonyl (C=O) groups is 2. The Balaban J connectivity index is 1.67. The standard InChI is InChI=1S/C19H18FNO5/c1-11-2-4-14(20)16(8-11)26-10-17(22)21-18(19(23)24)13-3-5-15-12(9-13)6-7-25-15/h2-5,8-9,18H,6-7,10H2,1H3,(H,21,22)(H,23,24). The maximum Gasteiger partial charge on any atom is 0.330 e. The van der Waals surface area contributed by atoms with Crippen molar-refractivity contribution in [3.8, 4) is 11.5 Å². The predicted octanol–water partition coefficient (Wildman–Crippen LogP) is 2.39. The average molecular weight is 359 g/mol. The molecule has 1 heterocycles. The summed E-state index contributed by atoms with van der Waals surface area (Å²) in [5.74, 6) is -1.77. The molecule has 0 saturated heterocycles. The molecule has 136 valence electrons. The van der Waals surface area contributed by atoms with Crippen molar-refractivity contribution in [3.63, 3.8) is 0 Å². The first kappa shape index (κ1) is 17.7. The summed E-state index contributed by atoms with van der Waals surface area (Å²) in [5.41, 5.74) is 2.13. The van der Waals surface area contributed by atoms with Gasteiger partial charge in [-0.2, -0.15) is 0 Å². The summed E-state index contributed by atoms with van der Waals surface area (Å²) >= 11 is 0. The van der Waals surface area contributed by atoms with Gasteiger partial charge in [-0.05, 0) is 47.9 Å². The number of nitrogens with one attached hydrogen (secondary N) is 1. The lowest BCUT2D eigenvalue weighted by atomic mass is 10.0. The maximum atomic E-state index is 13.6. The molecule has 1 amide bonds. The number of fused-ring (bicyclic) bond motifs is 1. The van der Waals surface area contributed by atoms with Crippen LogP contribution in [0.2, 0.25) is 0 Å². The number of aryl methyl sites for hydroxylation is 1. The number of amides is 1. The summed E-state index contributed by atoms with van der Waals surface area (Å²) in [6.45, 7) is 1.83. The van der Waals surface area contributed by atoms with Gasteiger partial charge in [-0.1, -0.05) is 12.1 Å². The fourth-order valence-corrected chi connectivity index (χ4v) is 2.74. The van der Waals surface area contributed by atoms with Gasteiger partial charge in [0.25, 0.3) is 5.91 Å². The molecule has 1 atom stereocenters. The first-order chi connectivity index (χ1) is 12.4. The van der Waals surface area contributed by atoms with E-state index < -0.39 is 30.3 Å². The zero-order chi connectivity index (χ0) is 18.7. The van der Waals surface area contributed by atoms with Gasteiger partial charge in [-0.15, -0.1) is 0 Å². The molecular weight excluding hydrogens is 341 g/mol. The van der Waals surface area contributed by atoms with E-state index in [1.54, 1.807) is 31.2 Å². The van der Waals surface area contributed by atoms with E-state index in [-0.39, 0.29) is 5.75 Å². The third kappa shape index (κ3) is 3.93. The molecule has 26 heavy (non-hydrogen) atoms. The van der Waals surface area contributed by atoms with Crippen LogP contribution in [0, 0.1) is 12.7 Å². The van der Waals surface area contributed by atoms with Gasteiger partial charge in [-0.25, -0.2) is 9.18 Å². The van der Waals surface area contributed by atoms with Gasteiger partial charge in [0.15, 0.2) is 24.2 Å². The molecule has 7 heteroatoms. The van der Waals surface area contributed by atoms with Gasteiger partial charge >= 0.3 is 5.97 Å². The van der Waals surface area contributed by atoms with Crippen molar-refractivity contribution in [3.05, 3.63) is 58.9 Å². The zero-order valence-electron chi connectivity index (χ0n) is 14.1. The highest BCUT2D eigenvalue weighted by atomic mass is 19.1. The molecule has 2 aromatic carbocycles.